The van der Waals surface area contributed by atoms with E-state index in [0.717, 1.165) is 12.8 Å². The van der Waals surface area contributed by atoms with Crippen molar-refractivity contribution >= 4 is 5.97 Å². The van der Waals surface area contributed by atoms with Gasteiger partial charge in [0, 0.05) is 0 Å². The van der Waals surface area contributed by atoms with Crippen molar-refractivity contribution < 1.29 is 14.3 Å². The van der Waals surface area contributed by atoms with Crippen molar-refractivity contribution in [3.05, 3.63) is 18.1 Å². The van der Waals surface area contributed by atoms with Crippen LogP contribution in [0.25, 0.3) is 0 Å². The summed E-state index contributed by atoms with van der Waals surface area (Å²) in [4.78, 5) is 19.3. The van der Waals surface area contributed by atoms with Gasteiger partial charge in [-0.25, -0.2) is 9.78 Å². The molecule has 0 saturated heterocycles. The van der Waals surface area contributed by atoms with Gasteiger partial charge in [0.05, 0.1) is 25.6 Å². The highest BCUT2D eigenvalue weighted by Gasteiger charge is 2.11. The van der Waals surface area contributed by atoms with Crippen LogP contribution in [0.1, 0.15) is 56.4 Å². The molecular formula is C14H22N2O3. The van der Waals surface area contributed by atoms with Crippen molar-refractivity contribution in [1.29, 1.82) is 0 Å². The van der Waals surface area contributed by atoms with E-state index in [0.29, 0.717) is 5.88 Å². The van der Waals surface area contributed by atoms with Crippen LogP contribution in [0.5, 0.6) is 5.88 Å². The van der Waals surface area contributed by atoms with E-state index >= 15 is 0 Å². The monoisotopic (exact) mass is 266 g/mol. The van der Waals surface area contributed by atoms with Gasteiger partial charge in [0.15, 0.2) is 5.69 Å². The number of methoxy groups -OCH3 is 1. The number of aromatic nitrogens is 2. The second-order valence-corrected chi connectivity index (χ2v) is 4.51. The van der Waals surface area contributed by atoms with E-state index in [9.17, 15) is 4.79 Å². The molecule has 0 bridgehead atoms. The number of carbonyl (C=O) groups is 1. The van der Waals surface area contributed by atoms with E-state index in [-0.39, 0.29) is 11.8 Å². The third kappa shape index (κ3) is 5.68. The summed E-state index contributed by atoms with van der Waals surface area (Å²) in [5, 5.41) is 0. The van der Waals surface area contributed by atoms with Gasteiger partial charge in [0.25, 0.3) is 0 Å². The molecule has 0 saturated carbocycles. The Kier molecular flexibility index (Phi) is 6.85. The minimum atomic E-state index is -0.506. The van der Waals surface area contributed by atoms with E-state index < -0.39 is 5.97 Å². The molecule has 0 fully saturated rings. The van der Waals surface area contributed by atoms with Crippen molar-refractivity contribution in [2.24, 2.45) is 0 Å². The van der Waals surface area contributed by atoms with Crippen LogP contribution in [0.15, 0.2) is 12.4 Å². The van der Waals surface area contributed by atoms with Crippen LogP contribution in [0.3, 0.4) is 0 Å². The molecule has 1 unspecified atom stereocenters. The highest BCUT2D eigenvalue weighted by atomic mass is 16.5. The summed E-state index contributed by atoms with van der Waals surface area (Å²) < 4.78 is 10.2. The Morgan fingerprint density at radius 1 is 1.32 bits per heavy atom. The molecule has 0 aromatic carbocycles. The molecule has 0 aliphatic rings. The first kappa shape index (κ1) is 15.4. The van der Waals surface area contributed by atoms with E-state index in [1.54, 1.807) is 0 Å². The fourth-order valence-corrected chi connectivity index (χ4v) is 1.73. The van der Waals surface area contributed by atoms with Gasteiger partial charge in [-0.3, -0.25) is 4.98 Å². The first-order chi connectivity index (χ1) is 9.17. The van der Waals surface area contributed by atoms with Crippen molar-refractivity contribution in [2.45, 2.75) is 52.1 Å². The van der Waals surface area contributed by atoms with Crippen LogP contribution in [-0.2, 0) is 4.74 Å². The lowest BCUT2D eigenvalue weighted by atomic mass is 10.1. The SMILES string of the molecule is CCCCCCC(C)Oc1cncc(C(=O)OC)n1. The summed E-state index contributed by atoms with van der Waals surface area (Å²) in [6.45, 7) is 4.19. The van der Waals surface area contributed by atoms with Gasteiger partial charge in [-0.05, 0) is 19.8 Å². The molecule has 5 nitrogen and oxygen atoms in total. The average molecular weight is 266 g/mol. The third-order valence-electron chi connectivity index (χ3n) is 2.79. The van der Waals surface area contributed by atoms with Crippen LogP contribution < -0.4 is 4.74 Å². The maximum Gasteiger partial charge on any atom is 0.358 e. The lowest BCUT2D eigenvalue weighted by Crippen LogP contribution is -2.14. The van der Waals surface area contributed by atoms with Gasteiger partial charge >= 0.3 is 5.97 Å². The van der Waals surface area contributed by atoms with Crippen LogP contribution in [0.4, 0.5) is 0 Å². The largest absolute Gasteiger partial charge is 0.474 e. The van der Waals surface area contributed by atoms with Gasteiger partial charge in [-0.2, -0.15) is 0 Å². The summed E-state index contributed by atoms with van der Waals surface area (Å²) in [7, 11) is 1.31. The Balaban J connectivity index is 2.45. The smallest absolute Gasteiger partial charge is 0.358 e. The standard InChI is InChI=1S/C14H22N2O3/c1-4-5-6-7-8-11(2)19-13-10-15-9-12(16-13)14(17)18-3/h9-11H,4-8H2,1-3H3. The summed E-state index contributed by atoms with van der Waals surface area (Å²) in [6, 6.07) is 0. The molecule has 1 aromatic rings. The summed E-state index contributed by atoms with van der Waals surface area (Å²) in [6.07, 6.45) is 8.76. The zero-order valence-electron chi connectivity index (χ0n) is 11.9. The zero-order chi connectivity index (χ0) is 14.1. The maximum absolute atomic E-state index is 11.3. The second kappa shape index (κ2) is 8.45. The van der Waals surface area contributed by atoms with Crippen molar-refractivity contribution in [1.82, 2.24) is 9.97 Å². The number of hydrogen-bond acceptors (Lipinski definition) is 5. The van der Waals surface area contributed by atoms with Gasteiger partial charge in [-0.15, -0.1) is 0 Å². The molecule has 1 atom stereocenters. The van der Waals surface area contributed by atoms with E-state index in [1.165, 1.54) is 38.8 Å². The molecule has 0 radical (unpaired) electrons. The summed E-state index contributed by atoms with van der Waals surface area (Å²) in [5.41, 5.74) is 0.165. The van der Waals surface area contributed by atoms with Crippen LogP contribution in [0, 0.1) is 0 Å². The van der Waals surface area contributed by atoms with E-state index in [2.05, 4.69) is 21.6 Å². The third-order valence-corrected chi connectivity index (χ3v) is 2.79. The van der Waals surface area contributed by atoms with Crippen molar-refractivity contribution in [3.63, 3.8) is 0 Å². The second-order valence-electron chi connectivity index (χ2n) is 4.51. The Labute approximate surface area is 114 Å². The van der Waals surface area contributed by atoms with E-state index in [1.807, 2.05) is 6.92 Å². The number of rotatable bonds is 8. The lowest BCUT2D eigenvalue weighted by Gasteiger charge is -2.13. The topological polar surface area (TPSA) is 61.3 Å². The number of hydrogen-bond donors (Lipinski definition) is 0. The predicted molar refractivity (Wildman–Crippen MR) is 72.2 cm³/mol. The number of ether oxygens (including phenoxy) is 2. The molecule has 0 aliphatic heterocycles. The highest BCUT2D eigenvalue weighted by molar-refractivity contribution is 5.86. The molecule has 0 aliphatic carbocycles. The molecule has 0 amide bonds. The van der Waals surface area contributed by atoms with Crippen molar-refractivity contribution in [3.8, 4) is 5.88 Å². The minimum absolute atomic E-state index is 0.0686. The van der Waals surface area contributed by atoms with Gasteiger partial charge < -0.3 is 9.47 Å². The molecule has 1 aromatic heterocycles. The Morgan fingerprint density at radius 3 is 2.79 bits per heavy atom. The fraction of sp³-hybridized carbons (Fsp3) is 0.643. The number of nitrogens with zero attached hydrogens (tertiary/aromatic N) is 2. The fourth-order valence-electron chi connectivity index (χ4n) is 1.73. The number of esters is 1. The molecule has 0 spiro atoms. The van der Waals surface area contributed by atoms with Gasteiger partial charge in [0.2, 0.25) is 5.88 Å². The lowest BCUT2D eigenvalue weighted by molar-refractivity contribution is 0.0591. The number of unbranched alkanes of at least 4 members (excludes halogenated alkanes) is 3. The number of carbonyl (C=O) groups excluding carboxylic acids is 1. The Hall–Kier alpha value is -1.65. The molecule has 0 N–H and O–H groups in total. The minimum Gasteiger partial charge on any atom is -0.474 e. The maximum atomic E-state index is 11.3. The van der Waals surface area contributed by atoms with E-state index in [4.69, 9.17) is 4.74 Å². The molecular weight excluding hydrogens is 244 g/mol. The molecule has 106 valence electrons. The predicted octanol–water partition coefficient (Wildman–Crippen LogP) is 3.00. The van der Waals surface area contributed by atoms with Gasteiger partial charge in [0.1, 0.15) is 0 Å². The quantitative estimate of drug-likeness (QED) is 0.534. The summed E-state index contributed by atoms with van der Waals surface area (Å²) in [5.74, 6) is -0.139. The van der Waals surface area contributed by atoms with Crippen molar-refractivity contribution in [2.75, 3.05) is 7.11 Å². The Bertz CT molecular complexity index is 396. The van der Waals surface area contributed by atoms with Crippen LogP contribution >= 0.6 is 0 Å². The van der Waals surface area contributed by atoms with Crippen LogP contribution in [-0.4, -0.2) is 29.2 Å². The molecule has 5 heteroatoms. The normalized spacial score (nSPS) is 11.9. The Morgan fingerprint density at radius 2 is 2.11 bits per heavy atom. The zero-order valence-corrected chi connectivity index (χ0v) is 11.9. The molecule has 1 rings (SSSR count). The first-order valence-corrected chi connectivity index (χ1v) is 6.74. The molecule has 1 heterocycles. The van der Waals surface area contributed by atoms with Crippen LogP contribution in [0.2, 0.25) is 0 Å². The summed E-state index contributed by atoms with van der Waals surface area (Å²) >= 11 is 0. The highest BCUT2D eigenvalue weighted by Crippen LogP contribution is 2.12. The van der Waals surface area contributed by atoms with Gasteiger partial charge in [-0.1, -0.05) is 26.2 Å². The average Bonchev–Trinajstić information content (AvgIpc) is 2.43. The first-order valence-electron chi connectivity index (χ1n) is 6.74. The molecule has 19 heavy (non-hydrogen) atoms.